The second kappa shape index (κ2) is 11.1. The number of carbonyl (C=O) groups is 2. The Labute approximate surface area is 176 Å². The summed E-state index contributed by atoms with van der Waals surface area (Å²) in [6, 6.07) is 14.1. The summed E-state index contributed by atoms with van der Waals surface area (Å²) < 4.78 is 0. The monoisotopic (exact) mass is 412 g/mol. The molecule has 160 valence electrons. The van der Waals surface area contributed by atoms with Gasteiger partial charge in [0.2, 0.25) is 5.91 Å². The number of nitrogens with one attached hydrogen (secondary N) is 2. The van der Waals surface area contributed by atoms with E-state index in [0.717, 1.165) is 18.7 Å². The molecule has 2 amide bonds. The lowest BCUT2D eigenvalue weighted by molar-refractivity contribution is -0.385. The molecule has 0 saturated heterocycles. The minimum atomic E-state index is -0.497. The zero-order valence-electron chi connectivity index (χ0n) is 17.6. The molecular formula is C22H28N4O4. The smallest absolute Gasteiger partial charge is 0.272 e. The van der Waals surface area contributed by atoms with Gasteiger partial charge in [-0.25, -0.2) is 0 Å². The molecule has 30 heavy (non-hydrogen) atoms. The standard InChI is InChI=1S/C22H28N4O4/c1-4-25(5-2)20(17-9-7-6-8-10-17)14-23-21(27)15-24-22(28)18-11-12-19(26(29)30)16(3)13-18/h6-13,20H,4-5,14-15H2,1-3H3,(H,23,27)(H,24,28). The van der Waals surface area contributed by atoms with Crippen LogP contribution in [0.15, 0.2) is 48.5 Å². The van der Waals surface area contributed by atoms with Gasteiger partial charge in [0.05, 0.1) is 17.5 Å². The van der Waals surface area contributed by atoms with Crippen LogP contribution in [-0.2, 0) is 4.79 Å². The fourth-order valence-corrected chi connectivity index (χ4v) is 3.33. The van der Waals surface area contributed by atoms with E-state index in [1.165, 1.54) is 18.2 Å². The highest BCUT2D eigenvalue weighted by Crippen LogP contribution is 2.20. The molecule has 0 aliphatic carbocycles. The second-order valence-corrected chi connectivity index (χ2v) is 6.89. The third kappa shape index (κ3) is 6.12. The minimum absolute atomic E-state index is 0.0400. The molecule has 0 aliphatic rings. The van der Waals surface area contributed by atoms with Gasteiger partial charge in [-0.15, -0.1) is 0 Å². The SMILES string of the molecule is CCN(CC)C(CNC(=O)CNC(=O)c1ccc([N+](=O)[O-])c(C)c1)c1ccccc1. The van der Waals surface area contributed by atoms with Crippen LogP contribution in [0.5, 0.6) is 0 Å². The van der Waals surface area contributed by atoms with Crippen molar-refractivity contribution in [2.75, 3.05) is 26.2 Å². The number of amides is 2. The first-order valence-corrected chi connectivity index (χ1v) is 9.96. The molecule has 0 saturated carbocycles. The molecule has 0 spiro atoms. The maximum Gasteiger partial charge on any atom is 0.272 e. The summed E-state index contributed by atoms with van der Waals surface area (Å²) >= 11 is 0. The van der Waals surface area contributed by atoms with Crippen molar-refractivity contribution in [3.05, 3.63) is 75.3 Å². The third-order valence-electron chi connectivity index (χ3n) is 5.00. The third-order valence-corrected chi connectivity index (χ3v) is 5.00. The molecule has 1 unspecified atom stereocenters. The number of benzene rings is 2. The highest BCUT2D eigenvalue weighted by atomic mass is 16.6. The molecule has 2 aromatic rings. The maximum atomic E-state index is 12.3. The number of nitro groups is 1. The van der Waals surface area contributed by atoms with Gasteiger partial charge in [-0.05, 0) is 37.7 Å². The number of carbonyl (C=O) groups excluding carboxylic acids is 2. The Hall–Kier alpha value is -3.26. The first-order chi connectivity index (χ1) is 14.4. The van der Waals surface area contributed by atoms with Crippen molar-refractivity contribution >= 4 is 17.5 Å². The zero-order chi connectivity index (χ0) is 22.1. The van der Waals surface area contributed by atoms with Crippen molar-refractivity contribution in [3.8, 4) is 0 Å². The Morgan fingerprint density at radius 3 is 2.30 bits per heavy atom. The minimum Gasteiger partial charge on any atom is -0.353 e. The highest BCUT2D eigenvalue weighted by Gasteiger charge is 2.19. The lowest BCUT2D eigenvalue weighted by Gasteiger charge is -2.30. The lowest BCUT2D eigenvalue weighted by atomic mass is 10.1. The van der Waals surface area contributed by atoms with Gasteiger partial charge in [0.1, 0.15) is 0 Å². The van der Waals surface area contributed by atoms with E-state index in [1.807, 2.05) is 30.3 Å². The predicted octanol–water partition coefficient (Wildman–Crippen LogP) is 2.83. The van der Waals surface area contributed by atoms with Crippen LogP contribution in [0, 0.1) is 17.0 Å². The van der Waals surface area contributed by atoms with E-state index >= 15 is 0 Å². The van der Waals surface area contributed by atoms with Crippen molar-refractivity contribution in [2.24, 2.45) is 0 Å². The van der Waals surface area contributed by atoms with Crippen LogP contribution in [0.25, 0.3) is 0 Å². The Morgan fingerprint density at radius 2 is 1.73 bits per heavy atom. The number of hydrogen-bond donors (Lipinski definition) is 2. The summed E-state index contributed by atoms with van der Waals surface area (Å²) in [5.41, 5.74) is 1.73. The van der Waals surface area contributed by atoms with Crippen LogP contribution in [0.4, 0.5) is 5.69 Å². The molecule has 0 radical (unpaired) electrons. The Kier molecular flexibility index (Phi) is 8.49. The molecule has 0 aliphatic heterocycles. The number of nitrogens with zero attached hydrogens (tertiary/aromatic N) is 2. The Morgan fingerprint density at radius 1 is 1.07 bits per heavy atom. The van der Waals surface area contributed by atoms with Gasteiger partial charge in [0.15, 0.2) is 0 Å². The van der Waals surface area contributed by atoms with Crippen molar-refractivity contribution < 1.29 is 14.5 Å². The van der Waals surface area contributed by atoms with Crippen molar-refractivity contribution in [2.45, 2.75) is 26.8 Å². The van der Waals surface area contributed by atoms with Gasteiger partial charge >= 0.3 is 0 Å². The summed E-state index contributed by atoms with van der Waals surface area (Å²) in [5, 5.41) is 16.3. The van der Waals surface area contributed by atoms with Gasteiger partial charge in [0, 0.05) is 23.7 Å². The number of nitro benzene ring substituents is 1. The van der Waals surface area contributed by atoms with Crippen LogP contribution in [0.1, 0.15) is 41.4 Å². The Bertz CT molecular complexity index is 882. The number of aryl methyl sites for hydroxylation is 1. The summed E-state index contributed by atoms with van der Waals surface area (Å²) in [7, 11) is 0. The van der Waals surface area contributed by atoms with Crippen LogP contribution in [0.3, 0.4) is 0 Å². The Balaban J connectivity index is 1.93. The van der Waals surface area contributed by atoms with Crippen molar-refractivity contribution in [1.29, 1.82) is 0 Å². The molecule has 2 rings (SSSR count). The maximum absolute atomic E-state index is 12.3. The molecule has 0 aromatic heterocycles. The van der Waals surface area contributed by atoms with E-state index in [4.69, 9.17) is 0 Å². The molecule has 8 heteroatoms. The van der Waals surface area contributed by atoms with Crippen LogP contribution in [0.2, 0.25) is 0 Å². The largest absolute Gasteiger partial charge is 0.353 e. The lowest BCUT2D eigenvalue weighted by Crippen LogP contribution is -2.42. The molecule has 2 N–H and O–H groups in total. The fourth-order valence-electron chi connectivity index (χ4n) is 3.33. The normalized spacial score (nSPS) is 11.7. The average molecular weight is 412 g/mol. The molecule has 8 nitrogen and oxygen atoms in total. The van der Waals surface area contributed by atoms with Crippen LogP contribution >= 0.6 is 0 Å². The summed E-state index contributed by atoms with van der Waals surface area (Å²) in [6.07, 6.45) is 0. The first-order valence-electron chi connectivity index (χ1n) is 9.96. The molecule has 0 bridgehead atoms. The van der Waals surface area contributed by atoms with E-state index in [9.17, 15) is 19.7 Å². The van der Waals surface area contributed by atoms with Gasteiger partial charge in [-0.1, -0.05) is 44.2 Å². The molecular weight excluding hydrogens is 384 g/mol. The van der Waals surface area contributed by atoms with Gasteiger partial charge in [0.25, 0.3) is 11.6 Å². The van der Waals surface area contributed by atoms with Gasteiger partial charge in [-0.2, -0.15) is 0 Å². The number of rotatable bonds is 10. The van der Waals surface area contributed by atoms with Crippen LogP contribution in [-0.4, -0.2) is 47.8 Å². The van der Waals surface area contributed by atoms with Gasteiger partial charge in [-0.3, -0.25) is 24.6 Å². The zero-order valence-corrected chi connectivity index (χ0v) is 17.6. The fraction of sp³-hybridized carbons (Fsp3) is 0.364. The first kappa shape index (κ1) is 23.0. The molecule has 2 aromatic carbocycles. The average Bonchev–Trinajstić information content (AvgIpc) is 2.75. The van der Waals surface area contributed by atoms with E-state index < -0.39 is 10.8 Å². The van der Waals surface area contributed by atoms with Gasteiger partial charge < -0.3 is 10.6 Å². The molecule has 0 fully saturated rings. The number of likely N-dealkylation sites (N-methyl/N-ethyl adjacent to an activating group) is 1. The summed E-state index contributed by atoms with van der Waals surface area (Å²) in [5.74, 6) is -0.749. The summed E-state index contributed by atoms with van der Waals surface area (Å²) in [6.45, 7) is 7.68. The van der Waals surface area contributed by atoms with Crippen LogP contribution < -0.4 is 10.6 Å². The second-order valence-electron chi connectivity index (χ2n) is 6.89. The van der Waals surface area contributed by atoms with Crippen molar-refractivity contribution in [3.63, 3.8) is 0 Å². The molecule has 1 atom stereocenters. The van der Waals surface area contributed by atoms with E-state index in [-0.39, 0.29) is 29.7 Å². The van der Waals surface area contributed by atoms with E-state index in [1.54, 1.807) is 6.92 Å². The predicted molar refractivity (Wildman–Crippen MR) is 115 cm³/mol. The van der Waals surface area contributed by atoms with E-state index in [0.29, 0.717) is 12.1 Å². The topological polar surface area (TPSA) is 105 Å². The van der Waals surface area contributed by atoms with Crippen molar-refractivity contribution in [1.82, 2.24) is 15.5 Å². The number of hydrogen-bond acceptors (Lipinski definition) is 5. The highest BCUT2D eigenvalue weighted by molar-refractivity contribution is 5.96. The summed E-state index contributed by atoms with van der Waals surface area (Å²) in [4.78, 5) is 37.2. The quantitative estimate of drug-likeness (QED) is 0.461. The van der Waals surface area contributed by atoms with E-state index in [2.05, 4.69) is 29.4 Å². The molecule has 0 heterocycles.